The monoisotopic (exact) mass is 312 g/mol. The highest BCUT2D eigenvalue weighted by Crippen LogP contribution is 2.31. The Kier molecular flexibility index (Phi) is 3.71. The van der Waals surface area contributed by atoms with E-state index >= 15 is 0 Å². The molecule has 0 unspecified atom stereocenters. The maximum absolute atomic E-state index is 12.5. The first-order chi connectivity index (χ1) is 9.58. The second-order valence-electron chi connectivity index (χ2n) is 5.13. The molecule has 0 saturated carbocycles. The van der Waals surface area contributed by atoms with Crippen LogP contribution < -0.4 is 4.90 Å². The third-order valence-corrected chi connectivity index (χ3v) is 4.60. The van der Waals surface area contributed by atoms with Crippen LogP contribution in [0.5, 0.6) is 0 Å². The number of rotatable bonds is 2. The molecular formula is C14H14Cl2N2O2. The minimum atomic E-state index is -0.320. The smallest absolute Gasteiger partial charge is 0.251 e. The number of likely N-dealkylation sites (tertiary alicyclic amines) is 1. The molecule has 1 aromatic rings. The summed E-state index contributed by atoms with van der Waals surface area (Å²) in [5.41, 5.74) is 0.496. The minimum absolute atomic E-state index is 0.157. The van der Waals surface area contributed by atoms with Gasteiger partial charge in [0.25, 0.3) is 5.91 Å². The van der Waals surface area contributed by atoms with Crippen molar-refractivity contribution in [3.8, 4) is 0 Å². The lowest BCUT2D eigenvalue weighted by Gasteiger charge is -2.21. The lowest BCUT2D eigenvalue weighted by molar-refractivity contribution is -0.122. The summed E-state index contributed by atoms with van der Waals surface area (Å²) in [7, 11) is 0. The van der Waals surface area contributed by atoms with E-state index in [1.165, 1.54) is 4.90 Å². The van der Waals surface area contributed by atoms with E-state index in [0.29, 0.717) is 15.7 Å². The molecular weight excluding hydrogens is 299 g/mol. The van der Waals surface area contributed by atoms with Crippen molar-refractivity contribution in [2.75, 3.05) is 18.0 Å². The zero-order chi connectivity index (χ0) is 14.3. The first kappa shape index (κ1) is 13.9. The topological polar surface area (TPSA) is 40.6 Å². The average Bonchev–Trinajstić information content (AvgIpc) is 3.02. The summed E-state index contributed by atoms with van der Waals surface area (Å²) in [6.07, 6.45) is 2.43. The van der Waals surface area contributed by atoms with E-state index in [-0.39, 0.29) is 24.3 Å². The van der Waals surface area contributed by atoms with Gasteiger partial charge in [0, 0.05) is 0 Å². The van der Waals surface area contributed by atoms with Gasteiger partial charge in [-0.05, 0) is 44.1 Å². The third-order valence-electron chi connectivity index (χ3n) is 3.87. The molecule has 0 bridgehead atoms. The predicted molar refractivity (Wildman–Crippen MR) is 78.2 cm³/mol. The van der Waals surface area contributed by atoms with Gasteiger partial charge < -0.3 is 0 Å². The van der Waals surface area contributed by atoms with Crippen molar-refractivity contribution < 1.29 is 9.59 Å². The average molecular weight is 313 g/mol. The maximum Gasteiger partial charge on any atom is 0.251 e. The molecule has 2 saturated heterocycles. The lowest BCUT2D eigenvalue weighted by Crippen LogP contribution is -2.40. The fraction of sp³-hybridized carbons (Fsp3) is 0.429. The fourth-order valence-corrected chi connectivity index (χ4v) is 3.14. The number of carbonyl (C=O) groups is 2. The van der Waals surface area contributed by atoms with Gasteiger partial charge in [-0.25, -0.2) is 4.90 Å². The Balaban J connectivity index is 1.87. The van der Waals surface area contributed by atoms with Crippen LogP contribution >= 0.6 is 23.2 Å². The van der Waals surface area contributed by atoms with Gasteiger partial charge in [0.2, 0.25) is 5.91 Å². The van der Waals surface area contributed by atoms with Crippen LogP contribution in [0.1, 0.15) is 19.3 Å². The Morgan fingerprint density at radius 2 is 1.75 bits per heavy atom. The van der Waals surface area contributed by atoms with Crippen LogP contribution in [0.25, 0.3) is 0 Å². The molecule has 2 aliphatic rings. The van der Waals surface area contributed by atoms with Gasteiger partial charge in [0.1, 0.15) is 0 Å². The molecule has 6 heteroatoms. The van der Waals surface area contributed by atoms with E-state index in [4.69, 9.17) is 23.2 Å². The van der Waals surface area contributed by atoms with Gasteiger partial charge >= 0.3 is 0 Å². The van der Waals surface area contributed by atoms with Crippen molar-refractivity contribution in [1.82, 2.24) is 4.90 Å². The van der Waals surface area contributed by atoms with Crippen molar-refractivity contribution in [2.45, 2.75) is 25.3 Å². The molecule has 1 aromatic carbocycles. The Hall–Kier alpha value is -1.10. The number of nitrogens with zero attached hydrogens (tertiary/aromatic N) is 2. The molecule has 0 aliphatic carbocycles. The molecule has 0 aromatic heterocycles. The molecule has 2 aliphatic heterocycles. The highest BCUT2D eigenvalue weighted by atomic mass is 35.5. The molecule has 20 heavy (non-hydrogen) atoms. The molecule has 0 spiro atoms. The third kappa shape index (κ3) is 2.32. The van der Waals surface area contributed by atoms with Crippen LogP contribution in [-0.2, 0) is 9.59 Å². The molecule has 1 atom stereocenters. The standard InChI is InChI=1S/C14H14Cl2N2O2/c15-10-4-3-9(7-11(10)16)18-13(19)8-12(14(18)20)17-5-1-2-6-17/h3-4,7,12H,1-2,5-6,8H2/t12-/m0/s1. The Labute approximate surface area is 127 Å². The zero-order valence-corrected chi connectivity index (χ0v) is 12.3. The van der Waals surface area contributed by atoms with E-state index in [1.807, 2.05) is 0 Å². The highest BCUT2D eigenvalue weighted by Gasteiger charge is 2.43. The number of imide groups is 1. The number of carbonyl (C=O) groups excluding carboxylic acids is 2. The van der Waals surface area contributed by atoms with Crippen molar-refractivity contribution >= 4 is 40.7 Å². The van der Waals surface area contributed by atoms with Crippen LogP contribution in [0, 0.1) is 0 Å². The molecule has 2 fully saturated rings. The first-order valence-corrected chi connectivity index (χ1v) is 7.39. The summed E-state index contributed by atoms with van der Waals surface area (Å²) < 4.78 is 0. The molecule has 2 heterocycles. The number of halogens is 2. The van der Waals surface area contributed by atoms with Crippen LogP contribution in [0.3, 0.4) is 0 Å². The maximum atomic E-state index is 12.5. The highest BCUT2D eigenvalue weighted by molar-refractivity contribution is 6.42. The summed E-state index contributed by atoms with van der Waals surface area (Å²) in [5, 5.41) is 0.750. The second kappa shape index (κ2) is 5.35. The van der Waals surface area contributed by atoms with Crippen molar-refractivity contribution in [2.24, 2.45) is 0 Å². The number of anilines is 1. The lowest BCUT2D eigenvalue weighted by atomic mass is 10.2. The van der Waals surface area contributed by atoms with Crippen LogP contribution in [0.15, 0.2) is 18.2 Å². The first-order valence-electron chi connectivity index (χ1n) is 6.64. The molecule has 3 rings (SSSR count). The largest absolute Gasteiger partial charge is 0.292 e. The molecule has 0 radical (unpaired) electrons. The van der Waals surface area contributed by atoms with Crippen LogP contribution in [0.4, 0.5) is 5.69 Å². The molecule has 106 valence electrons. The second-order valence-corrected chi connectivity index (χ2v) is 5.94. The summed E-state index contributed by atoms with van der Waals surface area (Å²) in [5.74, 6) is -0.333. The number of amides is 2. The van der Waals surface area contributed by atoms with E-state index in [2.05, 4.69) is 4.90 Å². The van der Waals surface area contributed by atoms with E-state index < -0.39 is 0 Å². The van der Waals surface area contributed by atoms with E-state index in [1.54, 1.807) is 18.2 Å². The molecule has 0 N–H and O–H groups in total. The van der Waals surface area contributed by atoms with Gasteiger partial charge in [-0.2, -0.15) is 0 Å². The number of hydrogen-bond donors (Lipinski definition) is 0. The predicted octanol–water partition coefficient (Wildman–Crippen LogP) is 2.72. The minimum Gasteiger partial charge on any atom is -0.292 e. The molecule has 4 nitrogen and oxygen atoms in total. The fourth-order valence-electron chi connectivity index (χ4n) is 2.85. The number of benzene rings is 1. The normalized spacial score (nSPS) is 23.9. The van der Waals surface area contributed by atoms with Gasteiger partial charge in [0.05, 0.1) is 28.2 Å². The summed E-state index contributed by atoms with van der Waals surface area (Å²) in [6, 6.07) is 4.49. The van der Waals surface area contributed by atoms with Crippen molar-refractivity contribution in [3.63, 3.8) is 0 Å². The Morgan fingerprint density at radius 3 is 2.40 bits per heavy atom. The van der Waals surface area contributed by atoms with E-state index in [9.17, 15) is 9.59 Å². The van der Waals surface area contributed by atoms with Gasteiger partial charge in [-0.3, -0.25) is 14.5 Å². The van der Waals surface area contributed by atoms with Crippen molar-refractivity contribution in [1.29, 1.82) is 0 Å². The van der Waals surface area contributed by atoms with Crippen molar-refractivity contribution in [3.05, 3.63) is 28.2 Å². The van der Waals surface area contributed by atoms with E-state index in [0.717, 1.165) is 25.9 Å². The van der Waals surface area contributed by atoms with Gasteiger partial charge in [0.15, 0.2) is 0 Å². The Morgan fingerprint density at radius 1 is 1.05 bits per heavy atom. The van der Waals surface area contributed by atoms with Crippen LogP contribution in [0.2, 0.25) is 10.0 Å². The zero-order valence-electron chi connectivity index (χ0n) is 10.8. The SMILES string of the molecule is O=C1C[C@H](N2CCCC2)C(=O)N1c1ccc(Cl)c(Cl)c1. The summed E-state index contributed by atoms with van der Waals surface area (Å²) in [6.45, 7) is 1.78. The van der Waals surface area contributed by atoms with Crippen LogP contribution in [-0.4, -0.2) is 35.8 Å². The number of hydrogen-bond acceptors (Lipinski definition) is 3. The van der Waals surface area contributed by atoms with Gasteiger partial charge in [-0.1, -0.05) is 23.2 Å². The Bertz CT molecular complexity index is 570. The quantitative estimate of drug-likeness (QED) is 0.788. The van der Waals surface area contributed by atoms with Gasteiger partial charge in [-0.15, -0.1) is 0 Å². The summed E-state index contributed by atoms with van der Waals surface area (Å²) in [4.78, 5) is 28.0. The molecule has 2 amide bonds. The summed E-state index contributed by atoms with van der Waals surface area (Å²) >= 11 is 11.8.